The van der Waals surface area contributed by atoms with Crippen LogP contribution in [-0.4, -0.2) is 36.9 Å². The fraction of sp³-hybridized carbons (Fsp3) is 0.526. The molecular weight excluding hydrogens is 302 g/mol. The van der Waals surface area contributed by atoms with Crippen LogP contribution < -0.4 is 0 Å². The molecule has 0 radical (unpaired) electrons. The number of benzene rings is 1. The van der Waals surface area contributed by atoms with Gasteiger partial charge < -0.3 is 9.64 Å². The highest BCUT2D eigenvalue weighted by Crippen LogP contribution is 2.18. The Morgan fingerprint density at radius 3 is 2.00 bits per heavy atom. The largest absolute Gasteiger partial charge is 0.446 e. The quantitative estimate of drug-likeness (QED) is 0.670. The number of carbonyl (C=O) groups is 1. The topological polar surface area (TPSA) is 29.5 Å². The van der Waals surface area contributed by atoms with Crippen LogP contribution in [0.1, 0.15) is 33.3 Å². The van der Waals surface area contributed by atoms with Gasteiger partial charge in [-0.3, -0.25) is 0 Å². The summed E-state index contributed by atoms with van der Waals surface area (Å²) in [6, 6.07) is 10.4. The molecule has 0 fully saturated rings. The third-order valence-corrected chi connectivity index (χ3v) is 5.69. The maximum Gasteiger partial charge on any atom is 0.410 e. The zero-order chi connectivity index (χ0) is 17.6. The molecule has 0 aromatic heterocycles. The molecule has 4 heteroatoms. The van der Waals surface area contributed by atoms with Crippen LogP contribution >= 0.6 is 0 Å². The molecule has 0 saturated heterocycles. The van der Waals surface area contributed by atoms with Gasteiger partial charge in [-0.05, 0) is 39.3 Å². The van der Waals surface area contributed by atoms with E-state index in [1.54, 1.807) is 4.90 Å². The molecule has 0 heterocycles. The molecule has 0 aliphatic heterocycles. The second-order valence-electron chi connectivity index (χ2n) is 7.53. The number of amides is 1. The number of hydrogen-bond acceptors (Lipinski definition) is 2. The van der Waals surface area contributed by atoms with Crippen LogP contribution in [0, 0.1) is 0 Å². The van der Waals surface area contributed by atoms with E-state index in [4.69, 9.17) is 4.74 Å². The van der Waals surface area contributed by atoms with Gasteiger partial charge in [0, 0.05) is 12.1 Å². The molecule has 0 saturated carbocycles. The Bertz CT molecular complexity index is 510. The van der Waals surface area contributed by atoms with Crippen LogP contribution in [0.15, 0.2) is 36.4 Å². The Morgan fingerprint density at radius 1 is 1.04 bits per heavy atom. The lowest BCUT2D eigenvalue weighted by Gasteiger charge is -2.34. The van der Waals surface area contributed by atoms with Gasteiger partial charge in [0.25, 0.3) is 0 Å². The molecule has 1 aromatic rings. The van der Waals surface area contributed by atoms with Crippen molar-refractivity contribution in [3.05, 3.63) is 42.0 Å². The summed E-state index contributed by atoms with van der Waals surface area (Å²) in [6.45, 7) is 14.7. The molecule has 1 rings (SSSR count). The molecule has 0 aliphatic carbocycles. The molecular formula is C19H31NO2Si. The van der Waals surface area contributed by atoms with E-state index in [9.17, 15) is 4.79 Å². The van der Waals surface area contributed by atoms with Gasteiger partial charge in [0.05, 0.1) is 8.07 Å². The van der Waals surface area contributed by atoms with Crippen molar-refractivity contribution in [2.24, 2.45) is 0 Å². The van der Waals surface area contributed by atoms with Crippen molar-refractivity contribution in [1.82, 2.24) is 4.90 Å². The van der Waals surface area contributed by atoms with E-state index in [1.807, 2.05) is 70.2 Å². The molecule has 0 spiro atoms. The van der Waals surface area contributed by atoms with Gasteiger partial charge in [0.15, 0.2) is 0 Å². The first-order valence-electron chi connectivity index (χ1n) is 8.35. The molecule has 3 nitrogen and oxygen atoms in total. The van der Waals surface area contributed by atoms with Gasteiger partial charge >= 0.3 is 6.09 Å². The van der Waals surface area contributed by atoms with Gasteiger partial charge in [-0.15, -0.1) is 0 Å². The molecule has 0 bridgehead atoms. The van der Waals surface area contributed by atoms with Crippen molar-refractivity contribution in [2.75, 3.05) is 0 Å². The summed E-state index contributed by atoms with van der Waals surface area (Å²) in [4.78, 5) is 14.4. The summed E-state index contributed by atoms with van der Waals surface area (Å²) < 4.78 is 5.88. The van der Waals surface area contributed by atoms with Gasteiger partial charge in [-0.2, -0.15) is 0 Å². The highest BCUT2D eigenvalue weighted by Gasteiger charge is 2.31. The Hall–Kier alpha value is -1.55. The normalized spacial score (nSPS) is 13.6. The number of nitrogens with zero attached hydrogens (tertiary/aromatic N) is 1. The first-order valence-corrected chi connectivity index (χ1v) is 11.9. The Balaban J connectivity index is 2.91. The second-order valence-corrected chi connectivity index (χ2v) is 12.8. The maximum atomic E-state index is 12.6. The number of rotatable bonds is 6. The Kier molecular flexibility index (Phi) is 7.07. The van der Waals surface area contributed by atoms with Crippen LogP contribution in [0.2, 0.25) is 19.6 Å². The average molecular weight is 334 g/mol. The Morgan fingerprint density at radius 2 is 1.57 bits per heavy atom. The van der Waals surface area contributed by atoms with Crippen molar-refractivity contribution >= 4 is 20.2 Å². The van der Waals surface area contributed by atoms with E-state index in [2.05, 4.69) is 19.6 Å². The third-order valence-electron chi connectivity index (χ3n) is 3.67. The van der Waals surface area contributed by atoms with Crippen LogP contribution in [0.5, 0.6) is 0 Å². The van der Waals surface area contributed by atoms with Crippen LogP contribution in [-0.2, 0) is 4.74 Å². The summed E-state index contributed by atoms with van der Waals surface area (Å²) in [7, 11) is -1.68. The molecule has 1 amide bonds. The minimum absolute atomic E-state index is 0.128. The van der Waals surface area contributed by atoms with Crippen molar-refractivity contribution in [1.29, 1.82) is 0 Å². The monoisotopic (exact) mass is 333 g/mol. The summed E-state index contributed by atoms with van der Waals surface area (Å²) in [5.74, 6) is 0. The molecule has 0 N–H and O–H groups in total. The lowest BCUT2D eigenvalue weighted by Crippen LogP contribution is -2.47. The zero-order valence-electron chi connectivity index (χ0n) is 15.5. The summed E-state index contributed by atoms with van der Waals surface area (Å²) in [5.41, 5.74) is 0.978. The smallest absolute Gasteiger partial charge is 0.410 e. The molecule has 1 aromatic carbocycles. The highest BCUT2D eigenvalue weighted by atomic mass is 28.3. The number of ether oxygens (including phenoxy) is 1. The van der Waals surface area contributed by atoms with E-state index >= 15 is 0 Å². The van der Waals surface area contributed by atoms with E-state index < -0.39 is 8.07 Å². The summed E-state index contributed by atoms with van der Waals surface area (Å²) >= 11 is 0. The zero-order valence-corrected chi connectivity index (χ0v) is 16.5. The number of hydrogen-bond donors (Lipinski definition) is 0. The van der Waals surface area contributed by atoms with Gasteiger partial charge in [-0.1, -0.05) is 56.0 Å². The van der Waals surface area contributed by atoms with Crippen molar-refractivity contribution in [2.45, 2.75) is 65.1 Å². The van der Waals surface area contributed by atoms with E-state index in [-0.39, 0.29) is 23.9 Å². The maximum absolute atomic E-state index is 12.6. The lowest BCUT2D eigenvalue weighted by atomic mass is 10.2. The fourth-order valence-electron chi connectivity index (χ4n) is 2.45. The van der Waals surface area contributed by atoms with E-state index in [0.717, 1.165) is 5.56 Å². The first-order chi connectivity index (χ1) is 10.6. The Labute approximate surface area is 142 Å². The predicted octanol–water partition coefficient (Wildman–Crippen LogP) is 5.20. The fourth-order valence-corrected chi connectivity index (χ4v) is 3.58. The van der Waals surface area contributed by atoms with Gasteiger partial charge in [0.2, 0.25) is 0 Å². The lowest BCUT2D eigenvalue weighted by molar-refractivity contribution is 0.0768. The minimum Gasteiger partial charge on any atom is -0.446 e. The standard InChI is InChI=1S/C19H31NO2Si/c1-15(2)20(16(3)4)19(21)22-18(23(5,6)7)14-13-17-11-9-8-10-12-17/h8-16,18H,1-7H3/b14-13+. The van der Waals surface area contributed by atoms with Crippen LogP contribution in [0.4, 0.5) is 4.79 Å². The summed E-state index contributed by atoms with van der Waals surface area (Å²) in [5, 5.41) is 0. The highest BCUT2D eigenvalue weighted by molar-refractivity contribution is 6.78. The molecule has 1 unspecified atom stereocenters. The van der Waals surface area contributed by atoms with Gasteiger partial charge in [-0.25, -0.2) is 4.79 Å². The van der Waals surface area contributed by atoms with Crippen molar-refractivity contribution in [3.63, 3.8) is 0 Å². The minimum atomic E-state index is -1.68. The van der Waals surface area contributed by atoms with Crippen LogP contribution in [0.25, 0.3) is 6.08 Å². The molecule has 128 valence electrons. The molecule has 0 aliphatic rings. The van der Waals surface area contributed by atoms with Crippen LogP contribution in [0.3, 0.4) is 0 Å². The number of carbonyl (C=O) groups excluding carboxylic acids is 1. The van der Waals surface area contributed by atoms with Gasteiger partial charge in [0.1, 0.15) is 5.73 Å². The molecule has 1 atom stereocenters. The second kappa shape index (κ2) is 8.34. The van der Waals surface area contributed by atoms with E-state index in [1.165, 1.54) is 0 Å². The SMILES string of the molecule is CC(C)N(C(=O)OC(/C=C/c1ccccc1)[Si](C)(C)C)C(C)C. The average Bonchev–Trinajstić information content (AvgIpc) is 2.42. The van der Waals surface area contributed by atoms with E-state index in [0.29, 0.717) is 0 Å². The van der Waals surface area contributed by atoms with Crippen molar-refractivity contribution < 1.29 is 9.53 Å². The third kappa shape index (κ3) is 6.22. The molecule has 23 heavy (non-hydrogen) atoms. The predicted molar refractivity (Wildman–Crippen MR) is 101 cm³/mol. The van der Waals surface area contributed by atoms with Crippen molar-refractivity contribution in [3.8, 4) is 0 Å². The summed E-state index contributed by atoms with van der Waals surface area (Å²) in [6.07, 6.45) is 3.86. The first kappa shape index (κ1) is 19.5.